The van der Waals surface area contributed by atoms with Gasteiger partial charge in [-0.05, 0) is 32.9 Å². The molecular weight excluding hydrogens is 252 g/mol. The van der Waals surface area contributed by atoms with Crippen molar-refractivity contribution < 1.29 is 14.7 Å². The van der Waals surface area contributed by atoms with Crippen LogP contribution in [0.25, 0.3) is 0 Å². The highest BCUT2D eigenvalue weighted by atomic mass is 32.2. The number of carbonyl (C=O) groups is 2. The molecule has 1 aliphatic rings. The highest BCUT2D eigenvalue weighted by Crippen LogP contribution is 2.28. The van der Waals surface area contributed by atoms with E-state index in [0.29, 0.717) is 5.25 Å². The zero-order chi connectivity index (χ0) is 13.9. The molecule has 2 amide bonds. The summed E-state index contributed by atoms with van der Waals surface area (Å²) in [6.07, 6.45) is 5.24. The number of carbonyl (C=O) groups excluding carboxylic acids is 1. The summed E-state index contributed by atoms with van der Waals surface area (Å²) in [5, 5.41) is 12.5. The molecule has 0 aromatic heterocycles. The van der Waals surface area contributed by atoms with E-state index in [9.17, 15) is 9.59 Å². The lowest BCUT2D eigenvalue weighted by molar-refractivity contribution is -0.146. The molecule has 104 valence electrons. The Balaban J connectivity index is 2.63. The summed E-state index contributed by atoms with van der Waals surface area (Å²) < 4.78 is 0. The number of thioether (sulfide) groups is 1. The van der Waals surface area contributed by atoms with Gasteiger partial charge in [0.2, 0.25) is 0 Å². The Morgan fingerprint density at radius 1 is 1.39 bits per heavy atom. The van der Waals surface area contributed by atoms with Crippen molar-refractivity contribution in [1.82, 2.24) is 10.2 Å². The fourth-order valence-corrected chi connectivity index (χ4v) is 2.96. The van der Waals surface area contributed by atoms with Gasteiger partial charge >= 0.3 is 12.0 Å². The average Bonchev–Trinajstić information content (AvgIpc) is 2.74. The maximum absolute atomic E-state index is 12.1. The molecule has 0 aromatic rings. The number of rotatable bonds is 4. The van der Waals surface area contributed by atoms with Crippen LogP contribution in [0.1, 0.15) is 33.1 Å². The first-order valence-electron chi connectivity index (χ1n) is 6.11. The first-order valence-corrected chi connectivity index (χ1v) is 7.40. The topological polar surface area (TPSA) is 69.6 Å². The van der Waals surface area contributed by atoms with Gasteiger partial charge in [-0.1, -0.05) is 6.42 Å². The normalized spacial score (nSPS) is 23.8. The lowest BCUT2D eigenvalue weighted by atomic mass is 10.0. The molecule has 1 rings (SSSR count). The molecule has 0 saturated heterocycles. The smallest absolute Gasteiger partial charge is 0.329 e. The van der Waals surface area contributed by atoms with Gasteiger partial charge in [-0.2, -0.15) is 11.8 Å². The molecule has 0 aromatic carbocycles. The van der Waals surface area contributed by atoms with Crippen LogP contribution in [0.4, 0.5) is 4.79 Å². The summed E-state index contributed by atoms with van der Waals surface area (Å²) in [7, 11) is 1.52. The molecule has 1 saturated carbocycles. The van der Waals surface area contributed by atoms with Gasteiger partial charge in [0, 0.05) is 18.3 Å². The predicted octanol–water partition coefficient (Wildman–Crippen LogP) is 1.78. The molecule has 6 heteroatoms. The summed E-state index contributed by atoms with van der Waals surface area (Å²) in [6, 6.07) is -0.159. The van der Waals surface area contributed by atoms with E-state index in [4.69, 9.17) is 5.11 Å². The van der Waals surface area contributed by atoms with E-state index < -0.39 is 11.5 Å². The standard InChI is InChI=1S/C12H22N2O3S/c1-12(2,10(15)16)14(3)11(17)13-8-6-5-7-9(8)18-4/h8-9H,5-7H2,1-4H3,(H,13,17)(H,15,16). The summed E-state index contributed by atoms with van der Waals surface area (Å²) in [4.78, 5) is 24.4. The van der Waals surface area contributed by atoms with Crippen molar-refractivity contribution in [2.75, 3.05) is 13.3 Å². The molecular formula is C12H22N2O3S. The molecule has 18 heavy (non-hydrogen) atoms. The summed E-state index contributed by atoms with van der Waals surface area (Å²) in [5.74, 6) is -1.01. The van der Waals surface area contributed by atoms with Crippen molar-refractivity contribution in [2.45, 2.75) is 49.9 Å². The van der Waals surface area contributed by atoms with Crippen LogP contribution >= 0.6 is 11.8 Å². The minimum atomic E-state index is -1.20. The number of carboxylic acids is 1. The van der Waals surface area contributed by atoms with E-state index in [-0.39, 0.29) is 12.1 Å². The third kappa shape index (κ3) is 3.10. The summed E-state index contributed by atoms with van der Waals surface area (Å²) in [6.45, 7) is 3.05. The van der Waals surface area contributed by atoms with Gasteiger partial charge in [-0.25, -0.2) is 9.59 Å². The van der Waals surface area contributed by atoms with Gasteiger partial charge in [0.05, 0.1) is 0 Å². The number of nitrogens with zero attached hydrogens (tertiary/aromatic N) is 1. The number of likely N-dealkylation sites (N-methyl/N-ethyl adjacent to an activating group) is 1. The van der Waals surface area contributed by atoms with Crippen LogP contribution in [-0.4, -0.2) is 52.1 Å². The van der Waals surface area contributed by atoms with Crippen molar-refractivity contribution in [3.8, 4) is 0 Å². The van der Waals surface area contributed by atoms with Gasteiger partial charge in [-0.15, -0.1) is 0 Å². The van der Waals surface area contributed by atoms with Crippen LogP contribution in [0.3, 0.4) is 0 Å². The third-order valence-electron chi connectivity index (χ3n) is 3.73. The highest BCUT2D eigenvalue weighted by molar-refractivity contribution is 7.99. The van der Waals surface area contributed by atoms with Crippen molar-refractivity contribution >= 4 is 23.8 Å². The Morgan fingerprint density at radius 2 is 2.00 bits per heavy atom. The Morgan fingerprint density at radius 3 is 2.50 bits per heavy atom. The average molecular weight is 274 g/mol. The largest absolute Gasteiger partial charge is 0.480 e. The maximum atomic E-state index is 12.1. The molecule has 0 aliphatic heterocycles. The maximum Gasteiger partial charge on any atom is 0.329 e. The minimum Gasteiger partial charge on any atom is -0.480 e. The van der Waals surface area contributed by atoms with Crippen LogP contribution < -0.4 is 5.32 Å². The Hall–Kier alpha value is -0.910. The van der Waals surface area contributed by atoms with E-state index >= 15 is 0 Å². The number of hydrogen-bond donors (Lipinski definition) is 2. The quantitative estimate of drug-likeness (QED) is 0.820. The zero-order valence-electron chi connectivity index (χ0n) is 11.4. The Kier molecular flexibility index (Phi) is 4.90. The van der Waals surface area contributed by atoms with E-state index in [1.54, 1.807) is 11.8 Å². The molecule has 1 fully saturated rings. The molecule has 0 bridgehead atoms. The van der Waals surface area contributed by atoms with Gasteiger partial charge in [0.15, 0.2) is 0 Å². The molecule has 5 nitrogen and oxygen atoms in total. The van der Waals surface area contributed by atoms with Crippen molar-refractivity contribution in [2.24, 2.45) is 0 Å². The van der Waals surface area contributed by atoms with Gasteiger partial charge in [-0.3, -0.25) is 0 Å². The van der Waals surface area contributed by atoms with Crippen molar-refractivity contribution in [1.29, 1.82) is 0 Å². The van der Waals surface area contributed by atoms with Crippen LogP contribution in [0, 0.1) is 0 Å². The number of urea groups is 1. The second-order valence-electron chi connectivity index (χ2n) is 5.18. The lowest BCUT2D eigenvalue weighted by Gasteiger charge is -2.33. The minimum absolute atomic E-state index is 0.152. The monoisotopic (exact) mass is 274 g/mol. The van der Waals surface area contributed by atoms with Crippen molar-refractivity contribution in [3.63, 3.8) is 0 Å². The summed E-state index contributed by atoms with van der Waals surface area (Å²) in [5.41, 5.74) is -1.20. The number of hydrogen-bond acceptors (Lipinski definition) is 3. The molecule has 0 radical (unpaired) electrons. The molecule has 1 aliphatic carbocycles. The second kappa shape index (κ2) is 5.82. The first-order chi connectivity index (χ1) is 8.30. The van der Waals surface area contributed by atoms with Crippen LogP contribution in [0.15, 0.2) is 0 Å². The van der Waals surface area contributed by atoms with E-state index in [1.807, 2.05) is 6.26 Å². The first kappa shape index (κ1) is 15.1. The number of nitrogens with one attached hydrogen (secondary N) is 1. The van der Waals surface area contributed by atoms with Gasteiger partial charge in [0.25, 0.3) is 0 Å². The van der Waals surface area contributed by atoms with Crippen molar-refractivity contribution in [3.05, 3.63) is 0 Å². The van der Waals surface area contributed by atoms with Crippen LogP contribution in [-0.2, 0) is 4.79 Å². The number of carboxylic acid groups (broad SMARTS) is 1. The number of aliphatic carboxylic acids is 1. The van der Waals surface area contributed by atoms with E-state index in [1.165, 1.54) is 25.8 Å². The Labute approximate surface area is 112 Å². The highest BCUT2D eigenvalue weighted by Gasteiger charge is 2.37. The second-order valence-corrected chi connectivity index (χ2v) is 6.26. The lowest BCUT2D eigenvalue weighted by Crippen LogP contribution is -2.56. The molecule has 2 N–H and O–H groups in total. The van der Waals surface area contributed by atoms with Gasteiger partial charge in [0.1, 0.15) is 5.54 Å². The van der Waals surface area contributed by atoms with E-state index in [2.05, 4.69) is 5.32 Å². The summed E-state index contributed by atoms with van der Waals surface area (Å²) >= 11 is 1.76. The third-order valence-corrected chi connectivity index (χ3v) is 4.90. The molecule has 2 atom stereocenters. The molecule has 2 unspecified atom stereocenters. The van der Waals surface area contributed by atoms with E-state index in [0.717, 1.165) is 19.3 Å². The van der Waals surface area contributed by atoms with Crippen LogP contribution in [0.5, 0.6) is 0 Å². The number of amides is 2. The molecule has 0 heterocycles. The SMILES string of the molecule is CSC1CCCC1NC(=O)N(C)C(C)(C)C(=O)O. The fourth-order valence-electron chi connectivity index (χ4n) is 2.03. The predicted molar refractivity (Wildman–Crippen MR) is 73.0 cm³/mol. The Bertz CT molecular complexity index is 333. The fraction of sp³-hybridized carbons (Fsp3) is 0.833. The molecule has 0 spiro atoms. The van der Waals surface area contributed by atoms with Crippen LogP contribution in [0.2, 0.25) is 0 Å². The van der Waals surface area contributed by atoms with Gasteiger partial charge < -0.3 is 15.3 Å². The zero-order valence-corrected chi connectivity index (χ0v) is 12.2.